The fourth-order valence-corrected chi connectivity index (χ4v) is 2.29. The number of fused-ring (bicyclic) bond motifs is 1. The molecule has 0 bridgehead atoms. The number of aryl methyl sites for hydroxylation is 1. The molecule has 96 valence electrons. The Morgan fingerprint density at radius 2 is 2.16 bits per heavy atom. The first-order chi connectivity index (χ1) is 9.24. The van der Waals surface area contributed by atoms with E-state index in [1.54, 1.807) is 6.20 Å². The molecule has 2 heterocycles. The van der Waals surface area contributed by atoms with Crippen LogP contribution in [0.25, 0.3) is 0 Å². The van der Waals surface area contributed by atoms with Gasteiger partial charge in [-0.3, -0.25) is 9.78 Å². The lowest BCUT2D eigenvalue weighted by Crippen LogP contribution is -2.33. The lowest BCUT2D eigenvalue weighted by Gasteiger charge is -2.13. The van der Waals surface area contributed by atoms with Gasteiger partial charge in [-0.25, -0.2) is 0 Å². The molecule has 0 fully saturated rings. The highest BCUT2D eigenvalue weighted by Crippen LogP contribution is 2.25. The highest BCUT2D eigenvalue weighted by atomic mass is 16.2. The van der Waals surface area contributed by atoms with Gasteiger partial charge in [0.25, 0.3) is 0 Å². The minimum atomic E-state index is -0.211. The van der Waals surface area contributed by atoms with Gasteiger partial charge < -0.3 is 10.6 Å². The average Bonchev–Trinajstić information content (AvgIpc) is 2.85. The van der Waals surface area contributed by atoms with Gasteiger partial charge in [0.1, 0.15) is 6.04 Å². The predicted octanol–water partition coefficient (Wildman–Crippen LogP) is 2.37. The molecular formula is C15H15N3O. The fraction of sp³-hybridized carbons (Fsp3) is 0.200. The van der Waals surface area contributed by atoms with Gasteiger partial charge in [0.2, 0.25) is 5.91 Å². The van der Waals surface area contributed by atoms with E-state index < -0.39 is 0 Å². The largest absolute Gasteiger partial charge is 0.373 e. The Bertz CT molecular complexity index is 599. The van der Waals surface area contributed by atoms with Crippen LogP contribution in [0.4, 0.5) is 11.4 Å². The Labute approximate surface area is 111 Å². The minimum absolute atomic E-state index is 0.0210. The molecule has 1 amide bonds. The summed E-state index contributed by atoms with van der Waals surface area (Å²) in [4.78, 5) is 16.4. The molecule has 1 aromatic heterocycles. The molecule has 3 rings (SSSR count). The van der Waals surface area contributed by atoms with Gasteiger partial charge in [-0.05, 0) is 30.7 Å². The second-order valence-electron chi connectivity index (χ2n) is 4.68. The first-order valence-corrected chi connectivity index (χ1v) is 6.31. The minimum Gasteiger partial charge on any atom is -0.373 e. The lowest BCUT2D eigenvalue weighted by molar-refractivity contribution is -0.116. The van der Waals surface area contributed by atoms with E-state index in [2.05, 4.69) is 15.6 Å². The van der Waals surface area contributed by atoms with Crippen LogP contribution in [-0.2, 0) is 11.2 Å². The number of nitrogens with one attached hydrogen (secondary N) is 2. The lowest BCUT2D eigenvalue weighted by atomic mass is 10.1. The molecule has 2 aromatic rings. The zero-order valence-corrected chi connectivity index (χ0v) is 10.7. The molecule has 2 N–H and O–H groups in total. The smallest absolute Gasteiger partial charge is 0.247 e. The maximum absolute atomic E-state index is 12.2. The summed E-state index contributed by atoms with van der Waals surface area (Å²) in [7, 11) is 0. The number of amides is 1. The number of carbonyl (C=O) groups is 1. The molecule has 1 atom stereocenters. The van der Waals surface area contributed by atoms with Crippen molar-refractivity contribution in [1.29, 1.82) is 0 Å². The van der Waals surface area contributed by atoms with E-state index in [0.717, 1.165) is 23.5 Å². The summed E-state index contributed by atoms with van der Waals surface area (Å²) in [6, 6.07) is 11.5. The van der Waals surface area contributed by atoms with Crippen LogP contribution in [0.15, 0.2) is 42.6 Å². The monoisotopic (exact) mass is 253 g/mol. The van der Waals surface area contributed by atoms with E-state index in [-0.39, 0.29) is 11.9 Å². The van der Waals surface area contributed by atoms with Crippen molar-refractivity contribution in [3.8, 4) is 0 Å². The van der Waals surface area contributed by atoms with E-state index in [1.165, 1.54) is 5.56 Å². The number of anilines is 2. The standard InChI is InChI=1S/C15H15N3O/c1-10-12(7-4-8-16-10)18-15(19)14-9-11-5-2-3-6-13(11)17-14/h2-8,14,17H,9H2,1H3,(H,18,19)/t14-/m0/s1. The maximum Gasteiger partial charge on any atom is 0.247 e. The van der Waals surface area contributed by atoms with Crippen molar-refractivity contribution in [3.05, 3.63) is 53.9 Å². The SMILES string of the molecule is Cc1ncccc1NC(=O)[C@@H]1Cc2ccccc2N1. The van der Waals surface area contributed by atoms with Crippen LogP contribution in [0.2, 0.25) is 0 Å². The topological polar surface area (TPSA) is 54.0 Å². The van der Waals surface area contributed by atoms with Crippen molar-refractivity contribution in [2.24, 2.45) is 0 Å². The summed E-state index contributed by atoms with van der Waals surface area (Å²) >= 11 is 0. The Hall–Kier alpha value is -2.36. The summed E-state index contributed by atoms with van der Waals surface area (Å²) < 4.78 is 0. The highest BCUT2D eigenvalue weighted by Gasteiger charge is 2.26. The molecule has 0 unspecified atom stereocenters. The van der Waals surface area contributed by atoms with Gasteiger partial charge in [0.05, 0.1) is 11.4 Å². The number of benzene rings is 1. The normalized spacial score (nSPS) is 16.6. The van der Waals surface area contributed by atoms with E-state index in [9.17, 15) is 4.79 Å². The Morgan fingerprint density at radius 1 is 1.32 bits per heavy atom. The molecule has 4 nitrogen and oxygen atoms in total. The van der Waals surface area contributed by atoms with Crippen molar-refractivity contribution < 1.29 is 4.79 Å². The van der Waals surface area contributed by atoms with Crippen LogP contribution in [0.5, 0.6) is 0 Å². The summed E-state index contributed by atoms with van der Waals surface area (Å²) in [5.41, 5.74) is 3.83. The molecule has 4 heteroatoms. The number of aromatic nitrogens is 1. The number of para-hydroxylation sites is 1. The molecule has 0 spiro atoms. The number of rotatable bonds is 2. The van der Waals surface area contributed by atoms with Gasteiger partial charge >= 0.3 is 0 Å². The number of nitrogens with zero attached hydrogens (tertiary/aromatic N) is 1. The van der Waals surface area contributed by atoms with Crippen molar-refractivity contribution in [2.45, 2.75) is 19.4 Å². The summed E-state index contributed by atoms with van der Waals surface area (Å²) in [5.74, 6) is -0.0210. The van der Waals surface area contributed by atoms with Gasteiger partial charge in [-0.2, -0.15) is 0 Å². The van der Waals surface area contributed by atoms with Gasteiger partial charge in [0.15, 0.2) is 0 Å². The number of carbonyl (C=O) groups excluding carboxylic acids is 1. The second-order valence-corrected chi connectivity index (χ2v) is 4.68. The number of hydrogen-bond acceptors (Lipinski definition) is 3. The third-order valence-corrected chi connectivity index (χ3v) is 3.35. The van der Waals surface area contributed by atoms with Crippen LogP contribution >= 0.6 is 0 Å². The molecule has 0 aliphatic carbocycles. The average molecular weight is 253 g/mol. The zero-order valence-electron chi connectivity index (χ0n) is 10.7. The van der Waals surface area contributed by atoms with Crippen molar-refractivity contribution in [3.63, 3.8) is 0 Å². The molecule has 19 heavy (non-hydrogen) atoms. The third kappa shape index (κ3) is 2.29. The summed E-state index contributed by atoms with van der Waals surface area (Å²) in [5, 5.41) is 6.16. The first-order valence-electron chi connectivity index (χ1n) is 6.31. The molecule has 1 aliphatic heterocycles. The third-order valence-electron chi connectivity index (χ3n) is 3.35. The van der Waals surface area contributed by atoms with Crippen LogP contribution in [0.3, 0.4) is 0 Å². The summed E-state index contributed by atoms with van der Waals surface area (Å²) in [6.45, 7) is 1.88. The van der Waals surface area contributed by atoms with E-state index in [1.807, 2.05) is 43.3 Å². The van der Waals surface area contributed by atoms with Crippen molar-refractivity contribution >= 4 is 17.3 Å². The van der Waals surface area contributed by atoms with Crippen LogP contribution in [0.1, 0.15) is 11.3 Å². The maximum atomic E-state index is 12.2. The summed E-state index contributed by atoms with van der Waals surface area (Å²) in [6.07, 6.45) is 2.44. The molecule has 0 radical (unpaired) electrons. The molecule has 1 aliphatic rings. The van der Waals surface area contributed by atoms with Gasteiger partial charge in [0, 0.05) is 18.3 Å². The fourth-order valence-electron chi connectivity index (χ4n) is 2.29. The van der Waals surface area contributed by atoms with Gasteiger partial charge in [-0.15, -0.1) is 0 Å². The van der Waals surface area contributed by atoms with Crippen LogP contribution < -0.4 is 10.6 Å². The van der Waals surface area contributed by atoms with E-state index in [4.69, 9.17) is 0 Å². The predicted molar refractivity (Wildman–Crippen MR) is 75.2 cm³/mol. The van der Waals surface area contributed by atoms with E-state index in [0.29, 0.717) is 0 Å². The molecule has 0 saturated heterocycles. The number of hydrogen-bond donors (Lipinski definition) is 2. The van der Waals surface area contributed by atoms with Crippen molar-refractivity contribution in [1.82, 2.24) is 4.98 Å². The van der Waals surface area contributed by atoms with Crippen LogP contribution in [0, 0.1) is 6.92 Å². The van der Waals surface area contributed by atoms with Crippen LogP contribution in [-0.4, -0.2) is 16.9 Å². The Morgan fingerprint density at radius 3 is 2.95 bits per heavy atom. The second kappa shape index (κ2) is 4.72. The van der Waals surface area contributed by atoms with Crippen molar-refractivity contribution in [2.75, 3.05) is 10.6 Å². The quantitative estimate of drug-likeness (QED) is 0.864. The Balaban J connectivity index is 1.72. The highest BCUT2D eigenvalue weighted by molar-refractivity contribution is 5.98. The molecule has 1 aromatic carbocycles. The first kappa shape index (κ1) is 11.7. The molecular weight excluding hydrogens is 238 g/mol. The Kier molecular flexibility index (Phi) is 2.91. The zero-order chi connectivity index (χ0) is 13.2. The number of pyridine rings is 1. The molecule has 0 saturated carbocycles. The van der Waals surface area contributed by atoms with Gasteiger partial charge in [-0.1, -0.05) is 18.2 Å². The van der Waals surface area contributed by atoms with E-state index >= 15 is 0 Å².